The second-order valence-electron chi connectivity index (χ2n) is 6.36. The molecule has 18 heavy (non-hydrogen) atoms. The monoisotopic (exact) mass is 285 g/mol. The molecule has 0 aliphatic carbocycles. The highest BCUT2D eigenvalue weighted by Gasteiger charge is 2.51. The number of rotatable bonds is 5. The molecule has 0 aliphatic rings. The lowest BCUT2D eigenvalue weighted by Crippen LogP contribution is -2.55. The molecule has 0 fully saturated rings. The minimum absolute atomic E-state index is 0.230. The lowest BCUT2D eigenvalue weighted by molar-refractivity contribution is -0.236. The van der Waals surface area contributed by atoms with Gasteiger partial charge in [-0.1, -0.05) is 27.7 Å². The van der Waals surface area contributed by atoms with Gasteiger partial charge in [-0.25, -0.2) is 0 Å². The van der Waals surface area contributed by atoms with E-state index < -0.39 is 20.7 Å². The Bertz CT molecular complexity index is 275. The predicted octanol–water partition coefficient (Wildman–Crippen LogP) is 4.09. The van der Waals surface area contributed by atoms with E-state index in [2.05, 4.69) is 0 Å². The number of hydrogen-bond acceptors (Lipinski definition) is 2. The van der Waals surface area contributed by atoms with Gasteiger partial charge in [0, 0.05) is 0 Å². The first kappa shape index (κ1) is 17.9. The van der Waals surface area contributed by atoms with Gasteiger partial charge in [0.15, 0.2) is 14.5 Å². The smallest absolute Gasteiger partial charge is 0.394 e. The summed E-state index contributed by atoms with van der Waals surface area (Å²) in [4.78, 5) is 1.09. The molecule has 1 atom stereocenters. The van der Waals surface area contributed by atoms with Gasteiger partial charge in [-0.3, -0.25) is 4.90 Å². The topological polar surface area (TPSA) is 12.5 Å². The zero-order chi connectivity index (χ0) is 14.9. The normalized spacial score (nSPS) is 16.5. The van der Waals surface area contributed by atoms with Gasteiger partial charge in [0.1, 0.15) is 0 Å². The molecular weight excluding hydrogens is 259 g/mol. The van der Waals surface area contributed by atoms with Gasteiger partial charge in [0.2, 0.25) is 0 Å². The zero-order valence-electron chi connectivity index (χ0n) is 12.6. The lowest BCUT2D eigenvalue weighted by atomic mass is 9.99. The van der Waals surface area contributed by atoms with Gasteiger partial charge < -0.3 is 4.43 Å². The zero-order valence-corrected chi connectivity index (χ0v) is 13.6. The van der Waals surface area contributed by atoms with Crippen LogP contribution in [0.1, 0.15) is 27.7 Å². The van der Waals surface area contributed by atoms with Crippen molar-refractivity contribution in [2.24, 2.45) is 5.92 Å². The number of halogens is 3. The minimum atomic E-state index is -4.36. The van der Waals surface area contributed by atoms with Crippen LogP contribution in [0.2, 0.25) is 18.1 Å². The Morgan fingerprint density at radius 3 is 1.67 bits per heavy atom. The van der Waals surface area contributed by atoms with Crippen LogP contribution >= 0.6 is 0 Å². The van der Waals surface area contributed by atoms with Crippen molar-refractivity contribution >= 4 is 8.32 Å². The Kier molecular flexibility index (Phi) is 5.48. The van der Waals surface area contributed by atoms with Crippen LogP contribution in [0.25, 0.3) is 0 Å². The molecule has 0 radical (unpaired) electrons. The predicted molar refractivity (Wildman–Crippen MR) is 71.0 cm³/mol. The molecule has 0 bridgehead atoms. The van der Waals surface area contributed by atoms with E-state index in [9.17, 15) is 13.2 Å². The Morgan fingerprint density at radius 1 is 1.06 bits per heavy atom. The molecule has 110 valence electrons. The van der Waals surface area contributed by atoms with Crippen LogP contribution in [0.15, 0.2) is 0 Å². The molecule has 6 heteroatoms. The van der Waals surface area contributed by atoms with Crippen LogP contribution in [-0.4, -0.2) is 39.7 Å². The molecule has 0 N–H and O–H groups in total. The van der Waals surface area contributed by atoms with Gasteiger partial charge >= 0.3 is 6.18 Å². The molecule has 0 rings (SSSR count). The molecule has 0 saturated heterocycles. The fourth-order valence-corrected chi connectivity index (χ4v) is 4.19. The standard InChI is InChI=1S/C12H26F3NOSi/c1-9(2)11(3,4)18(7,8)17-10(16(5)6)12(13,14)15/h9-10H,1-8H3. The highest BCUT2D eigenvalue weighted by molar-refractivity contribution is 6.74. The van der Waals surface area contributed by atoms with E-state index in [-0.39, 0.29) is 11.0 Å². The van der Waals surface area contributed by atoms with Crippen LogP contribution in [0, 0.1) is 5.92 Å². The maximum absolute atomic E-state index is 12.9. The van der Waals surface area contributed by atoms with Crippen molar-refractivity contribution in [1.82, 2.24) is 4.90 Å². The van der Waals surface area contributed by atoms with Crippen molar-refractivity contribution in [2.45, 2.75) is 58.2 Å². The van der Waals surface area contributed by atoms with Crippen LogP contribution in [0.5, 0.6) is 0 Å². The molecule has 0 saturated carbocycles. The highest BCUT2D eigenvalue weighted by atomic mass is 28.4. The minimum Gasteiger partial charge on any atom is -0.394 e. The summed E-state index contributed by atoms with van der Waals surface area (Å²) in [5.41, 5.74) is 0. The second kappa shape index (κ2) is 5.51. The summed E-state index contributed by atoms with van der Waals surface area (Å²) in [5.74, 6) is 0.273. The van der Waals surface area contributed by atoms with E-state index in [1.165, 1.54) is 14.1 Å². The summed E-state index contributed by atoms with van der Waals surface area (Å²) in [5, 5.41) is -0.230. The quantitative estimate of drug-likeness (QED) is 0.557. The van der Waals surface area contributed by atoms with E-state index in [0.717, 1.165) is 4.90 Å². The van der Waals surface area contributed by atoms with Gasteiger partial charge in [0.05, 0.1) is 0 Å². The number of nitrogens with zero attached hydrogens (tertiary/aromatic N) is 1. The largest absolute Gasteiger partial charge is 0.427 e. The summed E-state index contributed by atoms with van der Waals surface area (Å²) in [6.07, 6.45) is -6.18. The van der Waals surface area contributed by atoms with E-state index in [1.54, 1.807) is 0 Å². The Balaban J connectivity index is 5.16. The third-order valence-electron chi connectivity index (χ3n) is 4.15. The molecule has 0 heterocycles. The molecule has 0 aliphatic heterocycles. The van der Waals surface area contributed by atoms with Crippen molar-refractivity contribution in [1.29, 1.82) is 0 Å². The Labute approximate surface area is 110 Å². The van der Waals surface area contributed by atoms with Crippen molar-refractivity contribution in [3.63, 3.8) is 0 Å². The summed E-state index contributed by atoms with van der Waals surface area (Å²) in [6, 6.07) is 0. The maximum Gasteiger partial charge on any atom is 0.427 e. The van der Waals surface area contributed by atoms with Crippen molar-refractivity contribution in [2.75, 3.05) is 14.1 Å². The summed E-state index contributed by atoms with van der Waals surface area (Å²) >= 11 is 0. The molecule has 0 spiro atoms. The maximum atomic E-state index is 12.9. The van der Waals surface area contributed by atoms with Gasteiger partial charge in [-0.05, 0) is 38.1 Å². The average Bonchev–Trinajstić information content (AvgIpc) is 2.11. The van der Waals surface area contributed by atoms with Crippen molar-refractivity contribution in [3.05, 3.63) is 0 Å². The second-order valence-corrected chi connectivity index (χ2v) is 10.9. The van der Waals surface area contributed by atoms with E-state index >= 15 is 0 Å². The SMILES string of the molecule is CC(C)C(C)(C)[Si](C)(C)OC(N(C)C)C(F)(F)F. The summed E-state index contributed by atoms with van der Waals surface area (Å²) in [7, 11) is 0.296. The molecule has 2 nitrogen and oxygen atoms in total. The first-order valence-electron chi connectivity index (χ1n) is 6.14. The molecular formula is C12H26F3NOSi. The first-order chi connectivity index (χ1) is 7.73. The third-order valence-corrected chi connectivity index (χ3v) is 8.64. The molecule has 1 unspecified atom stereocenters. The molecule has 0 aromatic carbocycles. The van der Waals surface area contributed by atoms with Crippen molar-refractivity contribution in [3.8, 4) is 0 Å². The average molecular weight is 285 g/mol. The third kappa shape index (κ3) is 3.96. The molecule has 0 amide bonds. The fourth-order valence-electron chi connectivity index (χ4n) is 1.59. The lowest BCUT2D eigenvalue weighted by Gasteiger charge is -2.45. The summed E-state index contributed by atoms with van der Waals surface area (Å²) < 4.78 is 44.4. The number of alkyl halides is 3. The molecule has 0 aromatic rings. The highest BCUT2D eigenvalue weighted by Crippen LogP contribution is 2.46. The summed E-state index contributed by atoms with van der Waals surface area (Å²) in [6.45, 7) is 11.7. The van der Waals surface area contributed by atoms with Crippen molar-refractivity contribution < 1.29 is 17.6 Å². The van der Waals surface area contributed by atoms with Crippen LogP contribution in [-0.2, 0) is 4.43 Å². The van der Waals surface area contributed by atoms with Gasteiger partial charge in [-0.2, -0.15) is 13.2 Å². The first-order valence-corrected chi connectivity index (χ1v) is 9.05. The van der Waals surface area contributed by atoms with Gasteiger partial charge in [-0.15, -0.1) is 0 Å². The van der Waals surface area contributed by atoms with Crippen LogP contribution in [0.4, 0.5) is 13.2 Å². The number of hydrogen-bond donors (Lipinski definition) is 0. The van der Waals surface area contributed by atoms with Gasteiger partial charge in [0.25, 0.3) is 0 Å². The van der Waals surface area contributed by atoms with E-state index in [4.69, 9.17) is 4.43 Å². The van der Waals surface area contributed by atoms with Crippen LogP contribution < -0.4 is 0 Å². The van der Waals surface area contributed by atoms with E-state index in [0.29, 0.717) is 0 Å². The Morgan fingerprint density at radius 2 is 1.44 bits per heavy atom. The van der Waals surface area contributed by atoms with E-state index in [1.807, 2.05) is 40.8 Å². The fraction of sp³-hybridized carbons (Fsp3) is 1.00. The van der Waals surface area contributed by atoms with Crippen LogP contribution in [0.3, 0.4) is 0 Å². The Hall–Kier alpha value is -0.0731. The molecule has 0 aromatic heterocycles.